The molecule has 184 valence electrons. The van der Waals surface area contributed by atoms with Gasteiger partial charge >= 0.3 is 0 Å². The van der Waals surface area contributed by atoms with Crippen LogP contribution >= 0.6 is 11.8 Å². The van der Waals surface area contributed by atoms with Gasteiger partial charge in [-0.25, -0.2) is 4.98 Å². The monoisotopic (exact) mass is 516 g/mol. The van der Waals surface area contributed by atoms with Crippen LogP contribution in [0.5, 0.6) is 0 Å². The number of para-hydroxylation sites is 2. The van der Waals surface area contributed by atoms with E-state index in [1.54, 1.807) is 0 Å². The third-order valence-corrected chi connectivity index (χ3v) is 8.66. The summed E-state index contributed by atoms with van der Waals surface area (Å²) in [5.74, 6) is 0.936. The molecule has 2 nitrogen and oxygen atoms in total. The fraction of sp³-hybridized carbons (Fsp3) is 0.0278. The second-order valence-corrected chi connectivity index (χ2v) is 11.0. The Hall–Kier alpha value is -4.60. The first kappa shape index (κ1) is 22.4. The molecule has 2 heterocycles. The van der Waals surface area contributed by atoms with Crippen LogP contribution in [-0.2, 0) is 5.75 Å². The third kappa shape index (κ3) is 3.86. The van der Waals surface area contributed by atoms with Crippen molar-refractivity contribution in [3.8, 4) is 39.1 Å². The zero-order valence-electron chi connectivity index (χ0n) is 21.2. The number of imidazole rings is 1. The Bertz CT molecular complexity index is 2020. The van der Waals surface area contributed by atoms with Crippen LogP contribution in [0.15, 0.2) is 139 Å². The molecule has 8 rings (SSSR count). The fourth-order valence-corrected chi connectivity index (χ4v) is 6.69. The molecular weight excluding hydrogens is 492 g/mol. The summed E-state index contributed by atoms with van der Waals surface area (Å²) < 4.78 is 2.33. The smallest absolute Gasteiger partial charge is 0.174 e. The van der Waals surface area contributed by atoms with Gasteiger partial charge in [-0.05, 0) is 92.2 Å². The van der Waals surface area contributed by atoms with Gasteiger partial charge in [-0.2, -0.15) is 0 Å². The molecule has 1 aromatic heterocycles. The van der Waals surface area contributed by atoms with Crippen molar-refractivity contribution in [1.82, 2.24) is 9.55 Å². The number of fused-ring (bicyclic) bond motifs is 6. The molecule has 1 aliphatic rings. The number of benzene rings is 6. The zero-order valence-corrected chi connectivity index (χ0v) is 22.0. The van der Waals surface area contributed by atoms with Crippen molar-refractivity contribution in [2.45, 2.75) is 10.9 Å². The van der Waals surface area contributed by atoms with Crippen molar-refractivity contribution in [2.75, 3.05) is 0 Å². The summed E-state index contributed by atoms with van der Waals surface area (Å²) in [6.45, 7) is 0. The van der Waals surface area contributed by atoms with E-state index < -0.39 is 0 Å². The summed E-state index contributed by atoms with van der Waals surface area (Å²) in [6, 6.07) is 48.3. The van der Waals surface area contributed by atoms with E-state index in [4.69, 9.17) is 4.98 Å². The van der Waals surface area contributed by atoms with Crippen LogP contribution in [0.3, 0.4) is 0 Å². The Labute approximate surface area is 231 Å². The summed E-state index contributed by atoms with van der Waals surface area (Å²) in [7, 11) is 0. The first-order valence-electron chi connectivity index (χ1n) is 13.2. The van der Waals surface area contributed by atoms with Gasteiger partial charge in [-0.1, -0.05) is 103 Å². The topological polar surface area (TPSA) is 17.8 Å². The van der Waals surface area contributed by atoms with Crippen molar-refractivity contribution in [1.29, 1.82) is 0 Å². The predicted octanol–water partition coefficient (Wildman–Crippen LogP) is 9.79. The average Bonchev–Trinajstić information content (AvgIpc) is 3.40. The first-order valence-corrected chi connectivity index (χ1v) is 14.2. The number of aromatic nitrogens is 2. The number of rotatable bonds is 3. The summed E-state index contributed by atoms with van der Waals surface area (Å²) in [5, 5.41) is 3.58. The summed E-state index contributed by atoms with van der Waals surface area (Å²) in [4.78, 5) is 4.91. The van der Waals surface area contributed by atoms with Crippen LogP contribution in [0.25, 0.3) is 60.9 Å². The minimum Gasteiger partial charge on any atom is -0.287 e. The van der Waals surface area contributed by atoms with E-state index in [9.17, 15) is 0 Å². The van der Waals surface area contributed by atoms with Crippen LogP contribution in [0.2, 0.25) is 0 Å². The highest BCUT2D eigenvalue weighted by molar-refractivity contribution is 7.98. The van der Waals surface area contributed by atoms with E-state index in [0.717, 1.165) is 21.9 Å². The number of hydrogen-bond donors (Lipinski definition) is 0. The molecule has 0 spiro atoms. The predicted molar refractivity (Wildman–Crippen MR) is 164 cm³/mol. The standard InChI is InChI=1S/C36H24N2S/c1-2-8-24(9-3-1)30-19-31(27-15-14-25-10-4-5-11-26(25)18-27)21-32(20-30)28-16-17-29-23-39-36-37-33-12-6-7-13-34(33)38(36)35(29)22-28/h1-22H,23H2. The van der Waals surface area contributed by atoms with Crippen LogP contribution < -0.4 is 0 Å². The lowest BCUT2D eigenvalue weighted by Crippen LogP contribution is -2.06. The molecule has 0 bridgehead atoms. The van der Waals surface area contributed by atoms with Crippen LogP contribution in [0, 0.1) is 0 Å². The highest BCUT2D eigenvalue weighted by atomic mass is 32.2. The second kappa shape index (κ2) is 9.00. The van der Waals surface area contributed by atoms with Crippen LogP contribution in [-0.4, -0.2) is 9.55 Å². The first-order chi connectivity index (χ1) is 19.3. The normalized spacial score (nSPS) is 12.4. The van der Waals surface area contributed by atoms with Gasteiger partial charge in [0.2, 0.25) is 0 Å². The lowest BCUT2D eigenvalue weighted by Gasteiger charge is -2.20. The van der Waals surface area contributed by atoms with Crippen molar-refractivity contribution in [3.63, 3.8) is 0 Å². The molecule has 0 saturated heterocycles. The molecule has 0 N–H and O–H groups in total. The molecule has 0 fully saturated rings. The van der Waals surface area contributed by atoms with Crippen molar-refractivity contribution < 1.29 is 0 Å². The number of hydrogen-bond acceptors (Lipinski definition) is 2. The van der Waals surface area contributed by atoms with Gasteiger partial charge in [0.05, 0.1) is 16.7 Å². The van der Waals surface area contributed by atoms with E-state index >= 15 is 0 Å². The van der Waals surface area contributed by atoms with Gasteiger partial charge < -0.3 is 0 Å². The maximum absolute atomic E-state index is 4.91. The Kier molecular flexibility index (Phi) is 5.17. The fourth-order valence-electron chi connectivity index (χ4n) is 5.68. The maximum Gasteiger partial charge on any atom is 0.174 e. The van der Waals surface area contributed by atoms with E-state index in [-0.39, 0.29) is 0 Å². The molecule has 0 saturated carbocycles. The summed E-state index contributed by atoms with van der Waals surface area (Å²) in [6.07, 6.45) is 0. The lowest BCUT2D eigenvalue weighted by molar-refractivity contribution is 0.895. The Morgan fingerprint density at radius 3 is 2.03 bits per heavy atom. The number of nitrogens with zero attached hydrogens (tertiary/aromatic N) is 2. The average molecular weight is 517 g/mol. The largest absolute Gasteiger partial charge is 0.287 e. The molecule has 1 aliphatic heterocycles. The maximum atomic E-state index is 4.91. The lowest BCUT2D eigenvalue weighted by atomic mass is 9.92. The third-order valence-electron chi connectivity index (χ3n) is 7.67. The SMILES string of the molecule is c1ccc(-c2cc(-c3ccc4c(c3)-n3c(nc5ccccc53)SC4)cc(-c3ccc4ccccc4c3)c2)cc1. The summed E-state index contributed by atoms with van der Waals surface area (Å²) >= 11 is 1.81. The zero-order chi connectivity index (χ0) is 25.8. The van der Waals surface area contributed by atoms with E-state index in [1.165, 1.54) is 55.4 Å². The quantitative estimate of drug-likeness (QED) is 0.233. The van der Waals surface area contributed by atoms with Gasteiger partial charge in [0.25, 0.3) is 0 Å². The minimum atomic E-state index is 0.936. The number of thioether (sulfide) groups is 1. The Morgan fingerprint density at radius 1 is 0.513 bits per heavy atom. The van der Waals surface area contributed by atoms with Gasteiger partial charge in [0.15, 0.2) is 5.16 Å². The molecule has 0 atom stereocenters. The Balaban J connectivity index is 1.32. The van der Waals surface area contributed by atoms with E-state index in [2.05, 4.69) is 138 Å². The molecule has 0 unspecified atom stereocenters. The molecule has 0 radical (unpaired) electrons. The Morgan fingerprint density at radius 2 is 1.18 bits per heavy atom. The molecule has 0 amide bonds. The van der Waals surface area contributed by atoms with Crippen LogP contribution in [0.4, 0.5) is 0 Å². The van der Waals surface area contributed by atoms with Gasteiger partial charge in [-0.15, -0.1) is 0 Å². The van der Waals surface area contributed by atoms with Crippen molar-refractivity contribution in [3.05, 3.63) is 139 Å². The van der Waals surface area contributed by atoms with Crippen molar-refractivity contribution in [2.24, 2.45) is 0 Å². The molecule has 3 heteroatoms. The highest BCUT2D eigenvalue weighted by Crippen LogP contribution is 2.40. The van der Waals surface area contributed by atoms with Crippen molar-refractivity contribution >= 4 is 33.6 Å². The van der Waals surface area contributed by atoms with Crippen LogP contribution in [0.1, 0.15) is 5.56 Å². The second-order valence-electron chi connectivity index (χ2n) is 10.1. The molecule has 7 aromatic rings. The minimum absolute atomic E-state index is 0.936. The molecule has 6 aromatic carbocycles. The highest BCUT2D eigenvalue weighted by Gasteiger charge is 2.21. The van der Waals surface area contributed by atoms with Gasteiger partial charge in [0.1, 0.15) is 0 Å². The van der Waals surface area contributed by atoms with E-state index in [0.29, 0.717) is 0 Å². The molecular formula is C36H24N2S. The molecule has 0 aliphatic carbocycles. The van der Waals surface area contributed by atoms with E-state index in [1.807, 2.05) is 11.8 Å². The van der Waals surface area contributed by atoms with Gasteiger partial charge in [0, 0.05) is 5.75 Å². The van der Waals surface area contributed by atoms with Gasteiger partial charge in [-0.3, -0.25) is 4.57 Å². The molecule has 39 heavy (non-hydrogen) atoms. The summed E-state index contributed by atoms with van der Waals surface area (Å²) in [5.41, 5.74) is 12.1.